The van der Waals surface area contributed by atoms with Crippen LogP contribution in [-0.4, -0.2) is 59.5 Å². The number of ether oxygens (including phenoxy) is 1. The largest absolute Gasteiger partial charge is 0.387 e. The van der Waals surface area contributed by atoms with E-state index in [1.807, 2.05) is 0 Å². The molecule has 9 heteroatoms. The minimum atomic E-state index is -1.07. The molecule has 1 unspecified atom stereocenters. The van der Waals surface area contributed by atoms with Crippen molar-refractivity contribution in [3.05, 3.63) is 25.3 Å². The first-order chi connectivity index (χ1) is 10.6. The topological polar surface area (TPSA) is 119 Å². The Hall–Kier alpha value is -1.68. The molecule has 1 aliphatic heterocycles. The summed E-state index contributed by atoms with van der Waals surface area (Å²) in [6.07, 6.45) is 1.32. The van der Waals surface area contributed by atoms with Gasteiger partial charge in [-0.3, -0.25) is 4.57 Å². The van der Waals surface area contributed by atoms with Gasteiger partial charge in [-0.05, 0) is 0 Å². The van der Waals surface area contributed by atoms with Crippen LogP contribution >= 0.6 is 11.8 Å². The molecule has 0 spiro atoms. The summed E-state index contributed by atoms with van der Waals surface area (Å²) >= 11 is 1.58. The number of fused-ring (bicyclic) bond motifs is 1. The van der Waals surface area contributed by atoms with Crippen LogP contribution < -0.4 is 5.73 Å². The standard InChI is InChI=1S/C13H17N5O3S/c1-2-3-22-4-7-9(19)10(20)13(21-7)18-6-17-8-11(14)15-5-16-12(8)18/h2,5-7,9-10,13,19-20H,1,3-4H2,(H2,14,15,16)/t7-,9-,10-,13?/m1/s1. The summed E-state index contributed by atoms with van der Waals surface area (Å²) in [5, 5.41) is 20.4. The average molecular weight is 323 g/mol. The van der Waals surface area contributed by atoms with Crippen LogP contribution in [0.1, 0.15) is 6.23 Å². The fraction of sp³-hybridized carbons (Fsp3) is 0.462. The Morgan fingerprint density at radius 1 is 1.36 bits per heavy atom. The monoisotopic (exact) mass is 323 g/mol. The molecular formula is C13H17N5O3S. The molecule has 1 saturated heterocycles. The molecule has 0 saturated carbocycles. The van der Waals surface area contributed by atoms with Gasteiger partial charge in [-0.1, -0.05) is 6.08 Å². The van der Waals surface area contributed by atoms with Crippen LogP contribution in [-0.2, 0) is 4.74 Å². The average Bonchev–Trinajstić information content (AvgIpc) is 3.05. The molecule has 0 aliphatic carbocycles. The first-order valence-corrected chi connectivity index (χ1v) is 7.92. The number of nitrogens with two attached hydrogens (primary N) is 1. The van der Waals surface area contributed by atoms with Crippen molar-refractivity contribution in [3.63, 3.8) is 0 Å². The van der Waals surface area contributed by atoms with Gasteiger partial charge in [0, 0.05) is 11.5 Å². The van der Waals surface area contributed by atoms with Crippen molar-refractivity contribution in [1.29, 1.82) is 0 Å². The molecule has 0 amide bonds. The maximum atomic E-state index is 10.3. The Labute approximate surface area is 131 Å². The van der Waals surface area contributed by atoms with Gasteiger partial charge in [0.2, 0.25) is 0 Å². The molecule has 0 radical (unpaired) electrons. The Morgan fingerprint density at radius 2 is 2.18 bits per heavy atom. The lowest BCUT2D eigenvalue weighted by Gasteiger charge is -2.16. The molecule has 3 heterocycles. The predicted octanol–water partition coefficient (Wildman–Crippen LogP) is -0.0531. The number of hydrogen-bond donors (Lipinski definition) is 3. The zero-order valence-corrected chi connectivity index (χ0v) is 12.6. The summed E-state index contributed by atoms with van der Waals surface area (Å²) in [5.41, 5.74) is 6.65. The lowest BCUT2D eigenvalue weighted by atomic mass is 10.1. The van der Waals surface area contributed by atoms with E-state index in [1.165, 1.54) is 12.7 Å². The molecule has 1 aliphatic rings. The highest BCUT2D eigenvalue weighted by molar-refractivity contribution is 7.99. The summed E-state index contributed by atoms with van der Waals surface area (Å²) in [4.78, 5) is 12.1. The Balaban J connectivity index is 1.84. The smallest absolute Gasteiger partial charge is 0.167 e. The van der Waals surface area contributed by atoms with E-state index in [0.29, 0.717) is 16.9 Å². The van der Waals surface area contributed by atoms with E-state index in [1.54, 1.807) is 22.4 Å². The lowest BCUT2D eigenvalue weighted by Crippen LogP contribution is -2.32. The molecule has 2 aromatic heterocycles. The maximum Gasteiger partial charge on any atom is 0.167 e. The fourth-order valence-electron chi connectivity index (χ4n) is 2.42. The van der Waals surface area contributed by atoms with Gasteiger partial charge in [0.05, 0.1) is 12.4 Å². The van der Waals surface area contributed by atoms with Gasteiger partial charge in [-0.2, -0.15) is 11.8 Å². The van der Waals surface area contributed by atoms with E-state index in [2.05, 4.69) is 21.5 Å². The van der Waals surface area contributed by atoms with Gasteiger partial charge >= 0.3 is 0 Å². The van der Waals surface area contributed by atoms with Crippen molar-refractivity contribution in [3.8, 4) is 0 Å². The fourth-order valence-corrected chi connectivity index (χ4v) is 3.23. The highest BCUT2D eigenvalue weighted by atomic mass is 32.2. The predicted molar refractivity (Wildman–Crippen MR) is 83.2 cm³/mol. The molecule has 118 valence electrons. The van der Waals surface area contributed by atoms with Crippen molar-refractivity contribution < 1.29 is 14.9 Å². The van der Waals surface area contributed by atoms with E-state index >= 15 is 0 Å². The van der Waals surface area contributed by atoms with Crippen LogP contribution in [0.5, 0.6) is 0 Å². The third-order valence-corrected chi connectivity index (χ3v) is 4.55. The van der Waals surface area contributed by atoms with E-state index in [0.717, 1.165) is 5.75 Å². The Morgan fingerprint density at radius 3 is 2.95 bits per heavy atom. The molecule has 1 fully saturated rings. The minimum absolute atomic E-state index is 0.259. The van der Waals surface area contributed by atoms with Gasteiger partial charge in [0.1, 0.15) is 24.1 Å². The quantitative estimate of drug-likeness (QED) is 0.517. The molecule has 22 heavy (non-hydrogen) atoms. The molecule has 4 atom stereocenters. The lowest BCUT2D eigenvalue weighted by molar-refractivity contribution is -0.0288. The molecule has 3 rings (SSSR count). The zero-order valence-electron chi connectivity index (χ0n) is 11.7. The third-order valence-electron chi connectivity index (χ3n) is 3.52. The van der Waals surface area contributed by atoms with Gasteiger partial charge in [-0.15, -0.1) is 6.58 Å². The van der Waals surface area contributed by atoms with E-state index in [-0.39, 0.29) is 5.82 Å². The highest BCUT2D eigenvalue weighted by Crippen LogP contribution is 2.33. The van der Waals surface area contributed by atoms with E-state index < -0.39 is 24.5 Å². The van der Waals surface area contributed by atoms with Crippen molar-refractivity contribution >= 4 is 28.7 Å². The van der Waals surface area contributed by atoms with Crippen molar-refractivity contribution in [2.24, 2.45) is 0 Å². The number of aliphatic hydroxyl groups excluding tert-OH is 2. The minimum Gasteiger partial charge on any atom is -0.387 e. The third kappa shape index (κ3) is 2.56. The van der Waals surface area contributed by atoms with Crippen LogP contribution in [0.15, 0.2) is 25.3 Å². The summed E-state index contributed by atoms with van der Waals surface area (Å²) < 4.78 is 7.36. The molecule has 0 aromatic carbocycles. The molecule has 2 aromatic rings. The summed E-state index contributed by atoms with van der Waals surface area (Å²) in [7, 11) is 0. The van der Waals surface area contributed by atoms with Crippen LogP contribution in [0.4, 0.5) is 5.82 Å². The van der Waals surface area contributed by atoms with E-state index in [9.17, 15) is 10.2 Å². The number of thioether (sulfide) groups is 1. The highest BCUT2D eigenvalue weighted by Gasteiger charge is 2.44. The number of nitrogens with zero attached hydrogens (tertiary/aromatic N) is 4. The zero-order chi connectivity index (χ0) is 15.7. The summed E-state index contributed by atoms with van der Waals surface area (Å²) in [6, 6.07) is 0. The Bertz CT molecular complexity index is 679. The first-order valence-electron chi connectivity index (χ1n) is 6.76. The van der Waals surface area contributed by atoms with Crippen molar-refractivity contribution in [1.82, 2.24) is 19.5 Å². The normalized spacial score (nSPS) is 28.3. The second-order valence-corrected chi connectivity index (χ2v) is 6.03. The number of aliphatic hydroxyl groups is 2. The number of aromatic nitrogens is 4. The van der Waals surface area contributed by atoms with Crippen LogP contribution in [0.2, 0.25) is 0 Å². The van der Waals surface area contributed by atoms with Gasteiger partial charge in [0.15, 0.2) is 17.7 Å². The van der Waals surface area contributed by atoms with Gasteiger partial charge < -0.3 is 20.7 Å². The van der Waals surface area contributed by atoms with Gasteiger partial charge in [0.25, 0.3) is 0 Å². The van der Waals surface area contributed by atoms with Crippen LogP contribution in [0.3, 0.4) is 0 Å². The second-order valence-electron chi connectivity index (χ2n) is 4.96. The van der Waals surface area contributed by atoms with Crippen LogP contribution in [0.25, 0.3) is 11.2 Å². The van der Waals surface area contributed by atoms with Crippen LogP contribution in [0, 0.1) is 0 Å². The SMILES string of the molecule is C=CCSC[C@H]1OC(n2cnc3c(N)ncnc32)[C@H](O)[C@@H]1O. The molecule has 8 nitrogen and oxygen atoms in total. The molecule has 4 N–H and O–H groups in total. The summed E-state index contributed by atoms with van der Waals surface area (Å²) in [5.74, 6) is 1.57. The van der Waals surface area contributed by atoms with Crippen molar-refractivity contribution in [2.45, 2.75) is 24.5 Å². The number of nitrogen functional groups attached to an aromatic ring is 1. The Kier molecular flexibility index (Phi) is 4.30. The van der Waals surface area contributed by atoms with Gasteiger partial charge in [-0.25, -0.2) is 15.0 Å². The molecular weight excluding hydrogens is 306 g/mol. The summed E-state index contributed by atoms with van der Waals surface area (Å²) in [6.45, 7) is 3.64. The number of anilines is 1. The maximum absolute atomic E-state index is 10.3. The number of rotatable bonds is 5. The first kappa shape index (κ1) is 15.2. The number of imidazole rings is 1. The second kappa shape index (κ2) is 6.21. The van der Waals surface area contributed by atoms with Crippen molar-refractivity contribution in [2.75, 3.05) is 17.2 Å². The van der Waals surface area contributed by atoms with E-state index in [4.69, 9.17) is 10.5 Å². The number of hydrogen-bond acceptors (Lipinski definition) is 8. The molecule has 0 bridgehead atoms.